The summed E-state index contributed by atoms with van der Waals surface area (Å²) in [6, 6.07) is 7.64. The monoisotopic (exact) mass is 637 g/mol. The molecule has 7 nitrogen and oxygen atoms in total. The van der Waals surface area contributed by atoms with Crippen molar-refractivity contribution >= 4 is 17.7 Å². The number of ether oxygens (including phenoxy) is 2. The van der Waals surface area contributed by atoms with Gasteiger partial charge in [-0.1, -0.05) is 67.5 Å². The van der Waals surface area contributed by atoms with Gasteiger partial charge in [0.2, 0.25) is 0 Å². The van der Waals surface area contributed by atoms with E-state index in [9.17, 15) is 9.59 Å². The van der Waals surface area contributed by atoms with Gasteiger partial charge in [0, 0.05) is 19.7 Å². The maximum atomic E-state index is 14.8. The Morgan fingerprint density at radius 2 is 1.63 bits per heavy atom. The van der Waals surface area contributed by atoms with E-state index in [0.717, 1.165) is 76.6 Å². The average Bonchev–Trinajstić information content (AvgIpc) is 3.53. The van der Waals surface area contributed by atoms with Crippen molar-refractivity contribution in [1.29, 1.82) is 0 Å². The number of carbonyl (C=O) groups is 2. The van der Waals surface area contributed by atoms with Crippen molar-refractivity contribution in [2.24, 2.45) is 27.7 Å². The van der Waals surface area contributed by atoms with Gasteiger partial charge >= 0.3 is 5.97 Å². The van der Waals surface area contributed by atoms with Crippen LogP contribution in [-0.2, 0) is 14.3 Å². The number of benzene rings is 1. The van der Waals surface area contributed by atoms with Crippen LogP contribution >= 0.6 is 0 Å². The van der Waals surface area contributed by atoms with E-state index in [0.29, 0.717) is 23.2 Å². The molecule has 1 unspecified atom stereocenters. The summed E-state index contributed by atoms with van der Waals surface area (Å²) in [5.41, 5.74) is 1.37. The number of carbonyl (C=O) groups excluding carboxylic acids is 2. The molecule has 2 heterocycles. The number of nitrogens with zero attached hydrogens (tertiary/aromatic N) is 3. The largest absolute Gasteiger partial charge is 0.459 e. The molecule has 1 aromatic rings. The van der Waals surface area contributed by atoms with Crippen molar-refractivity contribution in [2.45, 2.75) is 151 Å². The van der Waals surface area contributed by atoms with E-state index < -0.39 is 5.66 Å². The lowest BCUT2D eigenvalue weighted by molar-refractivity contribution is -0.134. The van der Waals surface area contributed by atoms with E-state index in [2.05, 4.69) is 65.2 Å². The third-order valence-electron chi connectivity index (χ3n) is 10.3. The molecule has 1 aromatic carbocycles. The second-order valence-corrected chi connectivity index (χ2v) is 17.2. The van der Waals surface area contributed by atoms with Gasteiger partial charge in [0.05, 0.1) is 23.8 Å². The maximum absolute atomic E-state index is 14.8. The summed E-state index contributed by atoms with van der Waals surface area (Å²) in [7, 11) is 0. The van der Waals surface area contributed by atoms with Gasteiger partial charge in [0.1, 0.15) is 5.66 Å². The zero-order chi connectivity index (χ0) is 33.9. The molecule has 1 spiro atoms. The van der Waals surface area contributed by atoms with Gasteiger partial charge in [-0.25, -0.2) is 9.79 Å². The Bertz CT molecular complexity index is 1200. The molecule has 46 heavy (non-hydrogen) atoms. The molecule has 1 aliphatic carbocycles. The second-order valence-electron chi connectivity index (χ2n) is 17.2. The summed E-state index contributed by atoms with van der Waals surface area (Å²) in [5.74, 6) is 1.64. The summed E-state index contributed by atoms with van der Waals surface area (Å²) < 4.78 is 11.7. The van der Waals surface area contributed by atoms with E-state index in [1.807, 2.05) is 38.1 Å². The van der Waals surface area contributed by atoms with Gasteiger partial charge < -0.3 is 19.3 Å². The highest BCUT2D eigenvalue weighted by molar-refractivity contribution is 6.39. The van der Waals surface area contributed by atoms with Crippen LogP contribution in [0.15, 0.2) is 29.3 Å². The smallest absolute Gasteiger partial charge is 0.338 e. The highest BCUT2D eigenvalue weighted by Gasteiger charge is 2.54. The van der Waals surface area contributed by atoms with Crippen molar-refractivity contribution in [1.82, 2.24) is 9.80 Å². The number of esters is 1. The number of amidine groups is 1. The van der Waals surface area contributed by atoms with Crippen LogP contribution in [0, 0.1) is 22.7 Å². The molecule has 1 saturated heterocycles. The van der Waals surface area contributed by atoms with Gasteiger partial charge in [-0.3, -0.25) is 4.79 Å². The molecule has 2 atom stereocenters. The van der Waals surface area contributed by atoms with Crippen LogP contribution in [0.4, 0.5) is 0 Å². The van der Waals surface area contributed by atoms with E-state index in [1.165, 1.54) is 6.42 Å². The second kappa shape index (κ2) is 14.8. The van der Waals surface area contributed by atoms with Crippen molar-refractivity contribution in [3.63, 3.8) is 0 Å². The first-order valence-corrected chi connectivity index (χ1v) is 18.1. The highest BCUT2D eigenvalue weighted by Crippen LogP contribution is 2.50. The molecule has 258 valence electrons. The van der Waals surface area contributed by atoms with Crippen LogP contribution in [0.5, 0.6) is 0 Å². The molecule has 0 radical (unpaired) electrons. The number of aliphatic imine (C=N–C) groups is 1. The first-order chi connectivity index (χ1) is 21.5. The standard InChI is InChI=1S/C39H63N3O4/c1-27(2)12-11-25-45-32-20-24-41(26-32)34-35(43)42(39(40-34)22-17-31(18-23-39)38(8,9)10)33(19-21-37(5,6)7)29-13-15-30(16-14-29)36(44)46-28(3)4/h13-16,27-28,31-33H,11-12,17-26H2,1-10H3/t31?,32?,33-,39?/m1/s1. The van der Waals surface area contributed by atoms with Gasteiger partial charge in [0.25, 0.3) is 5.91 Å². The third kappa shape index (κ3) is 9.14. The van der Waals surface area contributed by atoms with Crippen LogP contribution in [0.1, 0.15) is 149 Å². The molecule has 1 amide bonds. The number of rotatable bonds is 11. The summed E-state index contributed by atoms with van der Waals surface area (Å²) >= 11 is 0. The van der Waals surface area contributed by atoms with Gasteiger partial charge in [-0.15, -0.1) is 0 Å². The van der Waals surface area contributed by atoms with Crippen molar-refractivity contribution in [3.8, 4) is 0 Å². The number of amides is 1. The fourth-order valence-corrected chi connectivity index (χ4v) is 7.47. The molecule has 0 aromatic heterocycles. The van der Waals surface area contributed by atoms with Crippen molar-refractivity contribution < 1.29 is 19.1 Å². The van der Waals surface area contributed by atoms with Crippen LogP contribution < -0.4 is 0 Å². The third-order valence-corrected chi connectivity index (χ3v) is 10.3. The maximum Gasteiger partial charge on any atom is 0.338 e. The molecule has 0 bridgehead atoms. The molecule has 1 saturated carbocycles. The lowest BCUT2D eigenvalue weighted by atomic mass is 9.69. The average molecular weight is 638 g/mol. The van der Waals surface area contributed by atoms with Crippen molar-refractivity contribution in [2.75, 3.05) is 19.7 Å². The summed E-state index contributed by atoms with van der Waals surface area (Å²) in [4.78, 5) is 37.3. The molecule has 3 aliphatic rings. The summed E-state index contributed by atoms with van der Waals surface area (Å²) in [6.45, 7) is 24.3. The molecule has 0 N–H and O–H groups in total. The number of hydrogen-bond acceptors (Lipinski definition) is 6. The zero-order valence-corrected chi connectivity index (χ0v) is 30.7. The predicted molar refractivity (Wildman–Crippen MR) is 187 cm³/mol. The Kier molecular flexibility index (Phi) is 11.7. The molecule has 7 heteroatoms. The summed E-state index contributed by atoms with van der Waals surface area (Å²) in [5, 5.41) is 0. The lowest BCUT2D eigenvalue weighted by Crippen LogP contribution is -2.52. The minimum Gasteiger partial charge on any atom is -0.459 e. The Morgan fingerprint density at radius 1 is 0.978 bits per heavy atom. The van der Waals surface area contributed by atoms with Gasteiger partial charge in [0.15, 0.2) is 5.84 Å². The zero-order valence-electron chi connectivity index (χ0n) is 30.7. The fourth-order valence-electron chi connectivity index (χ4n) is 7.47. The Morgan fingerprint density at radius 3 is 2.20 bits per heavy atom. The van der Waals surface area contributed by atoms with Crippen LogP contribution in [0.3, 0.4) is 0 Å². The normalized spacial score (nSPS) is 24.8. The molecule has 4 rings (SSSR count). The highest BCUT2D eigenvalue weighted by atomic mass is 16.5. The Balaban J connectivity index is 1.64. The van der Waals surface area contributed by atoms with E-state index in [4.69, 9.17) is 14.5 Å². The minimum absolute atomic E-state index is 0.0527. The first kappa shape index (κ1) is 36.4. The summed E-state index contributed by atoms with van der Waals surface area (Å²) in [6.07, 6.45) is 8.78. The van der Waals surface area contributed by atoms with Gasteiger partial charge in [-0.2, -0.15) is 0 Å². The van der Waals surface area contributed by atoms with Gasteiger partial charge in [-0.05, 0) is 112 Å². The SMILES string of the molecule is CC(C)CCCOC1CCN(C2=NC3(CCC(C(C)(C)C)CC3)N([C@H](CCC(C)(C)C)c3ccc(C(=O)OC(C)C)cc3)C2=O)C1. The molecular weight excluding hydrogens is 574 g/mol. The van der Waals surface area contributed by atoms with Crippen molar-refractivity contribution in [3.05, 3.63) is 35.4 Å². The predicted octanol–water partition coefficient (Wildman–Crippen LogP) is 8.82. The molecular formula is C39H63N3O4. The van der Waals surface area contributed by atoms with Crippen LogP contribution in [0.25, 0.3) is 0 Å². The quantitative estimate of drug-likeness (QED) is 0.179. The van der Waals surface area contributed by atoms with E-state index in [1.54, 1.807) is 0 Å². The van der Waals surface area contributed by atoms with E-state index >= 15 is 0 Å². The first-order valence-electron chi connectivity index (χ1n) is 18.1. The molecule has 2 fully saturated rings. The van der Waals surface area contributed by atoms with E-state index in [-0.39, 0.29) is 41.0 Å². The lowest BCUT2D eigenvalue weighted by Gasteiger charge is -2.47. The number of likely N-dealkylation sites (tertiary alicyclic amines) is 1. The van der Waals surface area contributed by atoms with Crippen LogP contribution in [-0.4, -0.2) is 65.1 Å². The minimum atomic E-state index is -0.553. The fraction of sp³-hybridized carbons (Fsp3) is 0.769. The molecule has 2 aliphatic heterocycles. The van der Waals surface area contributed by atoms with Crippen LogP contribution in [0.2, 0.25) is 0 Å². The Hall–Kier alpha value is -2.41. The number of hydrogen-bond donors (Lipinski definition) is 0. The topological polar surface area (TPSA) is 71.4 Å². The Labute approximate surface area is 279 Å².